The van der Waals surface area contributed by atoms with Gasteiger partial charge in [0.2, 0.25) is 0 Å². The molecule has 4 nitrogen and oxygen atoms in total. The van der Waals surface area contributed by atoms with E-state index in [4.69, 9.17) is 0 Å². The molecule has 15 aromatic rings. The number of para-hydroxylation sites is 4. The minimum Gasteiger partial charge on any atom is -0.334 e. The normalized spacial score (nSPS) is 26.7. The predicted molar refractivity (Wildman–Crippen MR) is 498 cm³/mol. The van der Waals surface area contributed by atoms with E-state index in [9.17, 15) is 0 Å². The van der Waals surface area contributed by atoms with Crippen molar-refractivity contribution in [3.05, 3.63) is 277 Å². The van der Waals surface area contributed by atoms with Gasteiger partial charge in [-0.3, -0.25) is 0 Å². The average molecular weight is 1560 g/mol. The van der Waals surface area contributed by atoms with Crippen LogP contribution in [0.1, 0.15) is 153 Å². The highest BCUT2D eigenvalue weighted by atomic mass is 32.2. The summed E-state index contributed by atoms with van der Waals surface area (Å²) < 4.78 is -0.316. The summed E-state index contributed by atoms with van der Waals surface area (Å²) in [7, 11) is 0. The molecule has 0 amide bonds. The van der Waals surface area contributed by atoms with Gasteiger partial charge in [-0.25, -0.2) is 0 Å². The fraction of sp³-hybridized carbons (Fsp3) is 0.302. The van der Waals surface area contributed by atoms with Crippen LogP contribution in [0.2, 0.25) is 0 Å². The predicted octanol–water partition coefficient (Wildman–Crippen LogP) is 30.3. The van der Waals surface area contributed by atoms with Crippen molar-refractivity contribution in [2.24, 2.45) is 0 Å². The van der Waals surface area contributed by atoms with Crippen LogP contribution in [0, 0.1) is 0 Å². The first-order valence-corrected chi connectivity index (χ1v) is 47.3. The van der Waals surface area contributed by atoms with E-state index in [1.54, 1.807) is 0 Å². The average Bonchev–Trinajstić information content (AvgIpc) is 1.53. The molecule has 8 atom stereocenters. The standard InChI is InChI=1S/C106H98N4S4/c1-99-53-21-25-57-103(99,111-5)87-61-67(37-49-91(87)107(99)71-29-13-9-14-30-71)75-41-45-79-83-65-85-81-47-43-77(69-39-51-93-89(63-69)105(113-7)59-27-23-55-101(105,3)109(93)73-33-17-11-18-34-73)96-78(70-40-52-94-90(64-70)106(114-8)60-28-24-56-102(106,4)110(94)74-35-19-12-20-36-74)44-48-82(98(81)96)86(85)66-84(83)80-46-42-76(95(75)97(79)80)68-38-50-92-88(62-68)104(112-6)58-26-22-54-100(104,2)108(92)72-31-15-10-16-32-72/h9-20,29-52,61-66H,21-28,53-60H2,1-8H3. The maximum absolute atomic E-state index is 2.75. The maximum Gasteiger partial charge on any atom is 0.0658 e. The molecule has 0 saturated heterocycles. The molecule has 114 heavy (non-hydrogen) atoms. The monoisotopic (exact) mass is 1550 g/mol. The highest BCUT2D eigenvalue weighted by molar-refractivity contribution is 8.00. The van der Waals surface area contributed by atoms with Gasteiger partial charge in [0.25, 0.3) is 0 Å². The largest absolute Gasteiger partial charge is 0.334 e. The number of thioether (sulfide) groups is 4. The number of hydrogen-bond acceptors (Lipinski definition) is 8. The third kappa shape index (κ3) is 8.90. The van der Waals surface area contributed by atoms with Crippen LogP contribution in [0.25, 0.3) is 109 Å². The van der Waals surface area contributed by atoms with E-state index in [0.717, 1.165) is 51.4 Å². The quantitative estimate of drug-likeness (QED) is 0.119. The van der Waals surface area contributed by atoms with Crippen molar-refractivity contribution in [1.82, 2.24) is 0 Å². The lowest BCUT2D eigenvalue weighted by Crippen LogP contribution is -2.54. The van der Waals surface area contributed by atoms with Gasteiger partial charge in [0, 0.05) is 45.5 Å². The molecule has 8 heteroatoms. The molecular weight excluding hydrogens is 1460 g/mol. The van der Waals surface area contributed by atoms with E-state index < -0.39 is 0 Å². The van der Waals surface area contributed by atoms with E-state index in [-0.39, 0.29) is 41.1 Å². The van der Waals surface area contributed by atoms with Crippen molar-refractivity contribution in [3.8, 4) is 44.5 Å². The summed E-state index contributed by atoms with van der Waals surface area (Å²) in [6.07, 6.45) is 28.7. The van der Waals surface area contributed by atoms with Crippen molar-refractivity contribution in [2.45, 2.75) is 172 Å². The van der Waals surface area contributed by atoms with Crippen LogP contribution in [0.5, 0.6) is 0 Å². The Morgan fingerprint density at radius 1 is 0.219 bits per heavy atom. The molecule has 4 aliphatic heterocycles. The minimum absolute atomic E-state index is 0.0789. The zero-order chi connectivity index (χ0) is 76.6. The lowest BCUT2D eigenvalue weighted by Gasteiger charge is -2.51. The molecule has 0 bridgehead atoms. The first kappa shape index (κ1) is 70.4. The van der Waals surface area contributed by atoms with E-state index in [1.165, 1.54) is 228 Å². The summed E-state index contributed by atoms with van der Waals surface area (Å²) in [6.45, 7) is 10.3. The smallest absolute Gasteiger partial charge is 0.0658 e. The second-order valence-corrected chi connectivity index (χ2v) is 40.2. The fourth-order valence-electron chi connectivity index (χ4n) is 26.2. The molecule has 566 valence electrons. The zero-order valence-electron chi connectivity index (χ0n) is 67.0. The Morgan fingerprint density at radius 3 is 0.658 bits per heavy atom. The Kier molecular flexibility index (Phi) is 15.6. The van der Waals surface area contributed by atoms with Gasteiger partial charge in [0.1, 0.15) is 0 Å². The first-order valence-electron chi connectivity index (χ1n) is 42.4. The van der Waals surface area contributed by atoms with Gasteiger partial charge in [-0.15, -0.1) is 0 Å². The molecule has 4 heterocycles. The Labute approximate surface area is 689 Å². The van der Waals surface area contributed by atoms with Crippen LogP contribution < -0.4 is 19.6 Å². The topological polar surface area (TPSA) is 13.0 Å². The summed E-state index contributed by atoms with van der Waals surface area (Å²) in [5.74, 6) is 0. The lowest BCUT2D eigenvalue weighted by atomic mass is 9.71. The van der Waals surface area contributed by atoms with Crippen molar-refractivity contribution >= 4 is 157 Å². The van der Waals surface area contributed by atoms with E-state index in [1.807, 2.05) is 0 Å². The molecule has 0 spiro atoms. The van der Waals surface area contributed by atoms with Gasteiger partial charge in [-0.1, -0.05) is 197 Å². The minimum atomic E-state index is -0.0871. The Bertz CT molecular complexity index is 5700. The number of nitrogens with zero attached hydrogens (tertiary/aromatic N) is 4. The highest BCUT2D eigenvalue weighted by Crippen LogP contribution is 2.71. The van der Waals surface area contributed by atoms with Gasteiger partial charge < -0.3 is 19.6 Å². The van der Waals surface area contributed by atoms with Crippen LogP contribution in [-0.2, 0) is 19.0 Å². The van der Waals surface area contributed by atoms with Crippen molar-refractivity contribution in [3.63, 3.8) is 0 Å². The molecule has 8 aliphatic rings. The molecule has 8 unspecified atom stereocenters. The zero-order valence-corrected chi connectivity index (χ0v) is 70.3. The molecule has 4 fully saturated rings. The Morgan fingerprint density at radius 2 is 0.439 bits per heavy atom. The number of hydrogen-bond donors (Lipinski definition) is 0. The summed E-state index contributed by atoms with van der Waals surface area (Å²) >= 11 is 8.41. The summed E-state index contributed by atoms with van der Waals surface area (Å²) in [5, 5.41) is 16.1. The summed E-state index contributed by atoms with van der Waals surface area (Å²) in [5.41, 5.74) is 26.7. The molecule has 4 aliphatic carbocycles. The van der Waals surface area contributed by atoms with Gasteiger partial charge in [0.05, 0.1) is 41.1 Å². The molecular formula is C106H98N4S4. The van der Waals surface area contributed by atoms with Crippen molar-refractivity contribution in [2.75, 3.05) is 44.6 Å². The third-order valence-corrected chi connectivity index (χ3v) is 37.5. The Hall–Kier alpha value is -9.02. The number of fused-ring (bicyclic) bond motifs is 18. The van der Waals surface area contributed by atoms with E-state index >= 15 is 0 Å². The SMILES string of the molecule is CSC12CCCCC1(C)N(c1ccccc1)c1ccc(-c3ccc4c5cc6c(cc5c5ccc(-c7ccc8c(c7)C7(SC)CCCCC7(C)N8c7ccccc7)c3c45)c3ccc(-c4ccc5c(c4)C4(SC)CCCCC4(C)N5c4ccccc4)c4c(-c5ccc7c(c5)C5(SC)CCCCC5(C)N7c5ccccc5)ccc6c43)cc12. The molecule has 0 aromatic heterocycles. The van der Waals surface area contributed by atoms with Crippen molar-refractivity contribution in [1.29, 1.82) is 0 Å². The van der Waals surface area contributed by atoms with Gasteiger partial charge in [0.15, 0.2) is 0 Å². The fourth-order valence-corrected chi connectivity index (χ4v) is 31.6. The molecule has 4 saturated carbocycles. The number of benzene rings is 13. The number of anilines is 8. The van der Waals surface area contributed by atoms with Crippen molar-refractivity contribution < 1.29 is 0 Å². The van der Waals surface area contributed by atoms with Crippen LogP contribution in [0.4, 0.5) is 45.5 Å². The maximum atomic E-state index is 2.75. The van der Waals surface area contributed by atoms with Gasteiger partial charge in [-0.2, -0.15) is 47.0 Å². The second-order valence-electron chi connectivity index (χ2n) is 35.7. The van der Waals surface area contributed by atoms with Crippen LogP contribution in [0.15, 0.2) is 255 Å². The summed E-state index contributed by atoms with van der Waals surface area (Å²) in [6, 6.07) is 102. The van der Waals surface area contributed by atoms with E-state index in [0.29, 0.717) is 0 Å². The van der Waals surface area contributed by atoms with Crippen LogP contribution in [0.3, 0.4) is 0 Å². The molecule has 15 aromatic carbocycles. The lowest BCUT2D eigenvalue weighted by molar-refractivity contribution is 0.262. The molecule has 0 N–H and O–H groups in total. The van der Waals surface area contributed by atoms with Crippen LogP contribution in [-0.4, -0.2) is 47.2 Å². The van der Waals surface area contributed by atoms with Gasteiger partial charge in [-0.05, 0) is 345 Å². The molecule has 0 radical (unpaired) electrons. The number of rotatable bonds is 12. The van der Waals surface area contributed by atoms with Gasteiger partial charge >= 0.3 is 0 Å². The van der Waals surface area contributed by atoms with Crippen LogP contribution >= 0.6 is 47.0 Å². The Balaban J connectivity index is 0.766. The second kappa shape index (κ2) is 25.2. The first-order chi connectivity index (χ1) is 55.7. The summed E-state index contributed by atoms with van der Waals surface area (Å²) in [4.78, 5) is 11.0. The highest BCUT2D eigenvalue weighted by Gasteiger charge is 2.64. The molecule has 23 rings (SSSR count). The third-order valence-electron chi connectivity index (χ3n) is 31.2. The van der Waals surface area contributed by atoms with E-state index in [2.05, 4.69) is 374 Å².